The lowest BCUT2D eigenvalue weighted by molar-refractivity contribution is -0.230. The molecule has 5 aliphatic rings. The zero-order valence-electron chi connectivity index (χ0n) is 24.0. The fraction of sp³-hybridized carbons (Fsp3) is 0.906. The first-order chi connectivity index (χ1) is 16.1. The molecule has 0 heterocycles. The quantitative estimate of drug-likeness (QED) is 0.308. The smallest absolute Gasteiger partial charge is 0.302 e. The van der Waals surface area contributed by atoms with E-state index in [1.807, 2.05) is 0 Å². The van der Waals surface area contributed by atoms with Gasteiger partial charge in [-0.05, 0) is 96.7 Å². The predicted molar refractivity (Wildman–Crippen MR) is 142 cm³/mol. The van der Waals surface area contributed by atoms with E-state index in [9.17, 15) is 9.90 Å². The first-order valence-corrected chi connectivity index (χ1v) is 14.7. The summed E-state index contributed by atoms with van der Waals surface area (Å²) in [6, 6.07) is 0. The van der Waals surface area contributed by atoms with Gasteiger partial charge in [-0.1, -0.05) is 67.0 Å². The first kappa shape index (κ1) is 25.8. The van der Waals surface area contributed by atoms with Crippen molar-refractivity contribution in [1.82, 2.24) is 0 Å². The third-order valence-corrected chi connectivity index (χ3v) is 13.6. The number of carbonyl (C=O) groups is 1. The summed E-state index contributed by atoms with van der Waals surface area (Å²) < 4.78 is 5.87. The molecule has 11 atom stereocenters. The molecule has 4 saturated carbocycles. The Morgan fingerprint density at radius 1 is 0.943 bits per heavy atom. The Balaban J connectivity index is 1.58. The minimum atomic E-state index is -0.385. The fourth-order valence-electron chi connectivity index (χ4n) is 11.3. The van der Waals surface area contributed by atoms with E-state index in [4.69, 9.17) is 4.74 Å². The number of aliphatic hydroxyl groups excluding tert-OH is 1. The number of allylic oxidation sites excluding steroid dienone is 1. The minimum Gasteiger partial charge on any atom is -0.462 e. The van der Waals surface area contributed by atoms with Gasteiger partial charge >= 0.3 is 5.97 Å². The molecule has 3 heteroatoms. The second-order valence-corrected chi connectivity index (χ2v) is 15.4. The van der Waals surface area contributed by atoms with Gasteiger partial charge in [0.15, 0.2) is 0 Å². The van der Waals surface area contributed by atoms with Gasteiger partial charge in [0.1, 0.15) is 6.10 Å². The topological polar surface area (TPSA) is 46.5 Å². The van der Waals surface area contributed by atoms with Gasteiger partial charge < -0.3 is 9.84 Å². The maximum Gasteiger partial charge on any atom is 0.302 e. The third-order valence-electron chi connectivity index (χ3n) is 13.6. The van der Waals surface area contributed by atoms with Crippen LogP contribution in [-0.4, -0.2) is 23.3 Å². The molecule has 0 radical (unpaired) electrons. The molecule has 3 nitrogen and oxygen atoms in total. The highest BCUT2D eigenvalue weighted by atomic mass is 16.5. The van der Waals surface area contributed by atoms with Crippen molar-refractivity contribution in [3.63, 3.8) is 0 Å². The summed E-state index contributed by atoms with van der Waals surface area (Å²) in [7, 11) is 0. The Labute approximate surface area is 214 Å². The maximum atomic E-state index is 12.1. The summed E-state index contributed by atoms with van der Waals surface area (Å²) in [4.78, 5) is 11.9. The van der Waals surface area contributed by atoms with Crippen molar-refractivity contribution >= 4 is 5.97 Å². The zero-order chi connectivity index (χ0) is 25.8. The van der Waals surface area contributed by atoms with E-state index in [-0.39, 0.29) is 45.8 Å². The summed E-state index contributed by atoms with van der Waals surface area (Å²) >= 11 is 0. The van der Waals surface area contributed by atoms with Crippen molar-refractivity contribution < 1.29 is 14.6 Å². The molecule has 0 aromatic rings. The number of aliphatic hydroxyl groups is 1. The molecule has 0 aromatic heterocycles. The van der Waals surface area contributed by atoms with Gasteiger partial charge in [0.25, 0.3) is 0 Å². The van der Waals surface area contributed by atoms with Gasteiger partial charge in [-0.2, -0.15) is 0 Å². The minimum absolute atomic E-state index is 0.0233. The summed E-state index contributed by atoms with van der Waals surface area (Å²) in [5.41, 5.74) is 2.20. The third kappa shape index (κ3) is 3.28. The number of ether oxygens (including phenoxy) is 1. The van der Waals surface area contributed by atoms with Crippen molar-refractivity contribution in [3.05, 3.63) is 11.6 Å². The second kappa shape index (κ2) is 7.84. The lowest BCUT2D eigenvalue weighted by atomic mass is 9.33. The molecular weight excluding hydrogens is 432 g/mol. The molecule has 4 fully saturated rings. The molecule has 0 spiro atoms. The number of hydrogen-bond donors (Lipinski definition) is 1. The number of hydrogen-bond acceptors (Lipinski definition) is 3. The molecule has 35 heavy (non-hydrogen) atoms. The molecule has 0 amide bonds. The zero-order valence-corrected chi connectivity index (χ0v) is 24.0. The van der Waals surface area contributed by atoms with Crippen LogP contribution in [0.1, 0.15) is 114 Å². The number of fused-ring (bicyclic) bond motifs is 7. The van der Waals surface area contributed by atoms with Crippen LogP contribution in [0.4, 0.5) is 0 Å². The van der Waals surface area contributed by atoms with Gasteiger partial charge in [0.2, 0.25) is 0 Å². The van der Waals surface area contributed by atoms with Crippen LogP contribution < -0.4 is 0 Å². The van der Waals surface area contributed by atoms with Gasteiger partial charge in [0.05, 0.1) is 6.10 Å². The molecule has 1 N–H and O–H groups in total. The largest absolute Gasteiger partial charge is 0.462 e. The predicted octanol–water partition coefficient (Wildman–Crippen LogP) is 7.57. The summed E-state index contributed by atoms with van der Waals surface area (Å²) in [5, 5.41) is 12.1. The molecule has 0 aliphatic heterocycles. The van der Waals surface area contributed by atoms with Crippen molar-refractivity contribution in [3.8, 4) is 0 Å². The van der Waals surface area contributed by atoms with Gasteiger partial charge in [-0.15, -0.1) is 0 Å². The second-order valence-electron chi connectivity index (χ2n) is 15.4. The fourth-order valence-corrected chi connectivity index (χ4v) is 11.3. The van der Waals surface area contributed by atoms with E-state index in [0.29, 0.717) is 23.2 Å². The van der Waals surface area contributed by atoms with Crippen LogP contribution in [0.5, 0.6) is 0 Å². The van der Waals surface area contributed by atoms with Crippen molar-refractivity contribution in [2.75, 3.05) is 0 Å². The average Bonchev–Trinajstić information content (AvgIpc) is 2.74. The lowest BCUT2D eigenvalue weighted by Crippen LogP contribution is -2.67. The van der Waals surface area contributed by atoms with E-state index in [1.54, 1.807) is 12.5 Å². The van der Waals surface area contributed by atoms with E-state index in [0.717, 1.165) is 31.6 Å². The highest BCUT2D eigenvalue weighted by molar-refractivity contribution is 5.66. The Kier molecular flexibility index (Phi) is 5.78. The highest BCUT2D eigenvalue weighted by Gasteiger charge is 2.70. The maximum absolute atomic E-state index is 12.1. The molecule has 198 valence electrons. The summed E-state index contributed by atoms with van der Waals surface area (Å²) in [6.07, 6.45) is 11.5. The number of esters is 1. The van der Waals surface area contributed by atoms with Crippen molar-refractivity contribution in [1.29, 1.82) is 0 Å². The highest BCUT2D eigenvalue weighted by Crippen LogP contribution is 2.75. The van der Waals surface area contributed by atoms with E-state index >= 15 is 0 Å². The van der Waals surface area contributed by atoms with Gasteiger partial charge in [-0.25, -0.2) is 0 Å². The van der Waals surface area contributed by atoms with E-state index < -0.39 is 0 Å². The van der Waals surface area contributed by atoms with Crippen LogP contribution >= 0.6 is 0 Å². The Morgan fingerprint density at radius 3 is 2.29 bits per heavy atom. The van der Waals surface area contributed by atoms with Gasteiger partial charge in [-0.3, -0.25) is 4.79 Å². The van der Waals surface area contributed by atoms with Crippen LogP contribution in [-0.2, 0) is 9.53 Å². The lowest BCUT2D eigenvalue weighted by Gasteiger charge is -2.72. The molecule has 5 rings (SSSR count). The first-order valence-electron chi connectivity index (χ1n) is 14.7. The van der Waals surface area contributed by atoms with Crippen molar-refractivity contribution in [2.45, 2.75) is 126 Å². The van der Waals surface area contributed by atoms with E-state index in [1.165, 1.54) is 25.7 Å². The molecular formula is C32H52O3. The van der Waals surface area contributed by atoms with Crippen LogP contribution in [0.2, 0.25) is 0 Å². The van der Waals surface area contributed by atoms with Crippen LogP contribution in [0.15, 0.2) is 11.6 Å². The monoisotopic (exact) mass is 484 g/mol. The SMILES string of the molecule is CC(=O)OC1CC[C@]2(C)[C@H]3C(O)C=C4[C@@H]5[C@@H](C)[C@H](C)CC[C@]5(C)CC[C@@]4(C)[C@]3(C)CC[C@H]2C1(C)C. The molecule has 5 aliphatic carbocycles. The molecule has 0 saturated heterocycles. The Hall–Kier alpha value is -0.830. The van der Waals surface area contributed by atoms with Crippen LogP contribution in [0.25, 0.3) is 0 Å². The Morgan fingerprint density at radius 2 is 1.63 bits per heavy atom. The van der Waals surface area contributed by atoms with Gasteiger partial charge in [0, 0.05) is 18.3 Å². The number of carbonyl (C=O) groups excluding carboxylic acids is 1. The summed E-state index contributed by atoms with van der Waals surface area (Å²) in [6.45, 7) is 21.3. The van der Waals surface area contributed by atoms with Crippen LogP contribution in [0, 0.1) is 56.7 Å². The molecule has 0 aromatic carbocycles. The van der Waals surface area contributed by atoms with Crippen molar-refractivity contribution in [2.24, 2.45) is 56.7 Å². The normalized spacial score (nSPS) is 54.9. The van der Waals surface area contributed by atoms with Crippen LogP contribution in [0.3, 0.4) is 0 Å². The summed E-state index contributed by atoms with van der Waals surface area (Å²) in [5.74, 6) is 2.56. The standard InChI is InChI=1S/C32H52O3/c1-19-10-13-29(6)16-17-31(8)22(26(29)20(19)2)18-23(34)27-30(7)14-12-25(35-21(3)33)28(4,5)24(30)11-15-32(27,31)9/h18-20,23-27,34H,10-17H2,1-9H3/t19-,20+,23?,24+,25?,26+,27-,29-,30+,31-,32-/m1/s1. The average molecular weight is 485 g/mol. The molecule has 0 bridgehead atoms. The number of rotatable bonds is 1. The van der Waals surface area contributed by atoms with E-state index in [2.05, 4.69) is 61.5 Å². The molecule has 2 unspecified atom stereocenters. The Bertz CT molecular complexity index is 920.